The highest BCUT2D eigenvalue weighted by Crippen LogP contribution is 2.10. The van der Waals surface area contributed by atoms with Gasteiger partial charge in [-0.3, -0.25) is 4.90 Å². The fourth-order valence-electron chi connectivity index (χ4n) is 1.41. The third-order valence-corrected chi connectivity index (χ3v) is 2.20. The van der Waals surface area contributed by atoms with Crippen molar-refractivity contribution >= 4 is 0 Å². The number of ether oxygens (including phenoxy) is 1. The van der Waals surface area contributed by atoms with Crippen molar-refractivity contribution in [2.75, 3.05) is 26.3 Å². The lowest BCUT2D eigenvalue weighted by atomic mass is 10.2. The third-order valence-electron chi connectivity index (χ3n) is 2.20. The summed E-state index contributed by atoms with van der Waals surface area (Å²) in [6, 6.07) is 0.436. The molecule has 0 amide bonds. The molecule has 1 saturated heterocycles. The smallest absolute Gasteiger partial charge is 0.0933 e. The van der Waals surface area contributed by atoms with E-state index < -0.39 is 0 Å². The summed E-state index contributed by atoms with van der Waals surface area (Å²) in [7, 11) is 0. The van der Waals surface area contributed by atoms with Crippen LogP contribution in [0.3, 0.4) is 0 Å². The van der Waals surface area contributed by atoms with Crippen molar-refractivity contribution in [3.8, 4) is 0 Å². The summed E-state index contributed by atoms with van der Waals surface area (Å²) < 4.78 is 5.39. The number of aliphatic hydroxyl groups excluding tert-OH is 1. The van der Waals surface area contributed by atoms with Crippen LogP contribution in [-0.2, 0) is 4.74 Å². The van der Waals surface area contributed by atoms with Gasteiger partial charge in [-0.15, -0.1) is 6.58 Å². The summed E-state index contributed by atoms with van der Waals surface area (Å²) in [6.45, 7) is 8.32. The van der Waals surface area contributed by atoms with Crippen LogP contribution >= 0.6 is 0 Å². The van der Waals surface area contributed by atoms with E-state index in [4.69, 9.17) is 9.84 Å². The van der Waals surface area contributed by atoms with Gasteiger partial charge in [0.05, 0.1) is 19.3 Å². The lowest BCUT2D eigenvalue weighted by Gasteiger charge is -2.36. The zero-order chi connectivity index (χ0) is 8.97. The quantitative estimate of drug-likeness (QED) is 0.618. The van der Waals surface area contributed by atoms with Crippen LogP contribution in [0, 0.1) is 0 Å². The summed E-state index contributed by atoms with van der Waals surface area (Å²) in [6.07, 6.45) is 1.87. The topological polar surface area (TPSA) is 32.7 Å². The number of morpholine rings is 1. The monoisotopic (exact) mass is 171 g/mol. The lowest BCUT2D eigenvalue weighted by Crippen LogP contribution is -2.49. The van der Waals surface area contributed by atoms with Gasteiger partial charge in [-0.2, -0.15) is 0 Å². The van der Waals surface area contributed by atoms with Crippen molar-refractivity contribution in [2.24, 2.45) is 0 Å². The molecular formula is C9H17NO2. The standard InChI is InChI=1S/C9H17NO2/c1-3-4-10-5-9(6-11)12-7-8(10)2/h3,8-9,11H,1,4-7H2,2H3. The van der Waals surface area contributed by atoms with Crippen LogP contribution in [0.15, 0.2) is 12.7 Å². The van der Waals surface area contributed by atoms with Crippen LogP contribution in [0.5, 0.6) is 0 Å². The van der Waals surface area contributed by atoms with Crippen LogP contribution in [0.2, 0.25) is 0 Å². The average Bonchev–Trinajstić information content (AvgIpc) is 2.09. The van der Waals surface area contributed by atoms with Crippen molar-refractivity contribution in [3.05, 3.63) is 12.7 Å². The van der Waals surface area contributed by atoms with Gasteiger partial charge < -0.3 is 9.84 Å². The highest BCUT2D eigenvalue weighted by atomic mass is 16.5. The second-order valence-electron chi connectivity index (χ2n) is 3.23. The summed E-state index contributed by atoms with van der Waals surface area (Å²) in [5.74, 6) is 0. The number of rotatable bonds is 3. The first-order chi connectivity index (χ1) is 5.77. The Kier molecular flexibility index (Phi) is 3.72. The van der Waals surface area contributed by atoms with E-state index >= 15 is 0 Å². The van der Waals surface area contributed by atoms with Crippen molar-refractivity contribution in [2.45, 2.75) is 19.1 Å². The lowest BCUT2D eigenvalue weighted by molar-refractivity contribution is -0.0741. The SMILES string of the molecule is C=CCN1CC(CO)OCC1C. The van der Waals surface area contributed by atoms with Gasteiger partial charge in [-0.25, -0.2) is 0 Å². The molecule has 1 heterocycles. The molecule has 0 aliphatic carbocycles. The first-order valence-corrected chi connectivity index (χ1v) is 4.35. The molecule has 3 heteroatoms. The molecule has 2 unspecified atom stereocenters. The Morgan fingerprint density at radius 2 is 2.50 bits per heavy atom. The molecule has 70 valence electrons. The van der Waals surface area contributed by atoms with E-state index in [-0.39, 0.29) is 12.7 Å². The predicted octanol–water partition coefficient (Wildman–Crippen LogP) is 0.254. The number of hydrogen-bond acceptors (Lipinski definition) is 3. The molecule has 1 fully saturated rings. The number of nitrogens with zero attached hydrogens (tertiary/aromatic N) is 1. The Hall–Kier alpha value is -0.380. The molecule has 1 rings (SSSR count). The molecule has 12 heavy (non-hydrogen) atoms. The van der Waals surface area contributed by atoms with Gasteiger partial charge >= 0.3 is 0 Å². The van der Waals surface area contributed by atoms with Gasteiger partial charge in [0, 0.05) is 19.1 Å². The zero-order valence-electron chi connectivity index (χ0n) is 7.57. The maximum absolute atomic E-state index is 8.89. The Bertz CT molecular complexity index is 149. The number of aliphatic hydroxyl groups is 1. The van der Waals surface area contributed by atoms with Crippen molar-refractivity contribution in [1.29, 1.82) is 0 Å². The molecule has 0 saturated carbocycles. The predicted molar refractivity (Wildman–Crippen MR) is 48.1 cm³/mol. The van der Waals surface area contributed by atoms with Crippen LogP contribution in [0.4, 0.5) is 0 Å². The highest BCUT2D eigenvalue weighted by molar-refractivity contribution is 4.82. The molecule has 3 nitrogen and oxygen atoms in total. The van der Waals surface area contributed by atoms with E-state index in [1.807, 2.05) is 6.08 Å². The molecule has 0 radical (unpaired) electrons. The Morgan fingerprint density at radius 1 is 1.75 bits per heavy atom. The Balaban J connectivity index is 2.41. The van der Waals surface area contributed by atoms with E-state index in [1.54, 1.807) is 0 Å². The van der Waals surface area contributed by atoms with Gasteiger partial charge in [-0.05, 0) is 6.92 Å². The van der Waals surface area contributed by atoms with Gasteiger partial charge in [-0.1, -0.05) is 6.08 Å². The van der Waals surface area contributed by atoms with E-state index in [0.29, 0.717) is 12.6 Å². The molecule has 0 bridgehead atoms. The third kappa shape index (κ3) is 2.30. The average molecular weight is 171 g/mol. The minimum Gasteiger partial charge on any atom is -0.394 e. The van der Waals surface area contributed by atoms with Crippen LogP contribution in [0.25, 0.3) is 0 Å². The van der Waals surface area contributed by atoms with E-state index in [9.17, 15) is 0 Å². The normalized spacial score (nSPS) is 31.8. The molecular weight excluding hydrogens is 154 g/mol. The van der Waals surface area contributed by atoms with Crippen molar-refractivity contribution < 1.29 is 9.84 Å². The van der Waals surface area contributed by atoms with Gasteiger partial charge in [0.15, 0.2) is 0 Å². The highest BCUT2D eigenvalue weighted by Gasteiger charge is 2.24. The molecule has 0 spiro atoms. The molecule has 1 N–H and O–H groups in total. The van der Waals surface area contributed by atoms with Gasteiger partial charge in [0.2, 0.25) is 0 Å². The number of hydrogen-bond donors (Lipinski definition) is 1. The van der Waals surface area contributed by atoms with Crippen molar-refractivity contribution in [1.82, 2.24) is 4.90 Å². The van der Waals surface area contributed by atoms with E-state index in [2.05, 4.69) is 18.4 Å². The minimum absolute atomic E-state index is 0.0128. The fraction of sp³-hybridized carbons (Fsp3) is 0.778. The van der Waals surface area contributed by atoms with Crippen LogP contribution in [0.1, 0.15) is 6.92 Å². The molecule has 0 aromatic rings. The summed E-state index contributed by atoms with van der Waals surface area (Å²) in [5.41, 5.74) is 0. The Morgan fingerprint density at radius 3 is 3.08 bits per heavy atom. The summed E-state index contributed by atoms with van der Waals surface area (Å²) in [4.78, 5) is 2.26. The maximum Gasteiger partial charge on any atom is 0.0933 e. The summed E-state index contributed by atoms with van der Waals surface area (Å²) >= 11 is 0. The van der Waals surface area contributed by atoms with Crippen molar-refractivity contribution in [3.63, 3.8) is 0 Å². The second kappa shape index (κ2) is 4.60. The molecule has 1 aliphatic rings. The van der Waals surface area contributed by atoms with Gasteiger partial charge in [0.25, 0.3) is 0 Å². The minimum atomic E-state index is -0.0128. The first-order valence-electron chi connectivity index (χ1n) is 4.35. The van der Waals surface area contributed by atoms with E-state index in [0.717, 1.165) is 13.1 Å². The molecule has 0 aromatic heterocycles. The fourth-order valence-corrected chi connectivity index (χ4v) is 1.41. The Labute approximate surface area is 73.6 Å². The maximum atomic E-state index is 8.89. The van der Waals surface area contributed by atoms with Crippen LogP contribution in [-0.4, -0.2) is 48.5 Å². The van der Waals surface area contributed by atoms with Crippen LogP contribution < -0.4 is 0 Å². The summed E-state index contributed by atoms with van der Waals surface area (Å²) in [5, 5.41) is 8.89. The zero-order valence-corrected chi connectivity index (χ0v) is 7.57. The molecule has 0 aromatic carbocycles. The molecule has 2 atom stereocenters. The first kappa shape index (κ1) is 9.71. The van der Waals surface area contributed by atoms with Gasteiger partial charge in [0.1, 0.15) is 0 Å². The largest absolute Gasteiger partial charge is 0.394 e. The second-order valence-corrected chi connectivity index (χ2v) is 3.23. The van der Waals surface area contributed by atoms with E-state index in [1.165, 1.54) is 0 Å². The molecule has 1 aliphatic heterocycles.